The van der Waals surface area contributed by atoms with Crippen molar-refractivity contribution in [3.05, 3.63) is 0 Å². The molecular weight excluding hydrogens is 174 g/mol. The van der Waals surface area contributed by atoms with Gasteiger partial charge < -0.3 is 5.32 Å². The van der Waals surface area contributed by atoms with Gasteiger partial charge >= 0.3 is 0 Å². The van der Waals surface area contributed by atoms with Gasteiger partial charge in [-0.3, -0.25) is 4.79 Å². The molecule has 0 aromatic rings. The maximum atomic E-state index is 10.7. The Labute approximate surface area is 90.5 Å². The summed E-state index contributed by atoms with van der Waals surface area (Å²) in [7, 11) is 1.78. The van der Waals surface area contributed by atoms with Crippen LogP contribution in [0.3, 0.4) is 0 Å². The number of ketones is 1. The summed E-state index contributed by atoms with van der Waals surface area (Å²) in [6, 6.07) is 0. The van der Waals surface area contributed by atoms with Crippen molar-refractivity contribution in [2.75, 3.05) is 13.6 Å². The van der Waals surface area contributed by atoms with Crippen molar-refractivity contribution < 1.29 is 4.79 Å². The van der Waals surface area contributed by atoms with E-state index in [1.165, 1.54) is 0 Å². The predicted molar refractivity (Wildman–Crippen MR) is 65.6 cm³/mol. The molecule has 0 aliphatic rings. The number of carbonyl (C=O) groups is 1. The zero-order valence-corrected chi connectivity index (χ0v) is 11.3. The summed E-state index contributed by atoms with van der Waals surface area (Å²) in [5.41, 5.74) is 0. The van der Waals surface area contributed by atoms with Crippen LogP contribution in [0, 0.1) is 11.8 Å². The second-order valence-electron chi connectivity index (χ2n) is 3.88. The van der Waals surface area contributed by atoms with E-state index in [4.69, 9.17) is 0 Å². The smallest absolute Gasteiger partial charge is 0.149 e. The van der Waals surface area contributed by atoms with Crippen molar-refractivity contribution in [1.29, 1.82) is 0 Å². The SMILES string of the molecule is CC.CC(C)C.CNCC(=O)C(C)C. The molecule has 0 aliphatic heterocycles. The molecule has 0 spiro atoms. The number of nitrogens with one attached hydrogen (secondary N) is 1. The highest BCUT2D eigenvalue weighted by molar-refractivity contribution is 5.82. The van der Waals surface area contributed by atoms with Crippen LogP contribution in [0.4, 0.5) is 0 Å². The molecule has 0 saturated carbocycles. The molecule has 0 unspecified atom stereocenters. The molecule has 2 heteroatoms. The van der Waals surface area contributed by atoms with Crippen LogP contribution in [0.5, 0.6) is 0 Å². The van der Waals surface area contributed by atoms with Crippen LogP contribution in [0.25, 0.3) is 0 Å². The molecule has 2 nitrogen and oxygen atoms in total. The Morgan fingerprint density at radius 1 is 1.07 bits per heavy atom. The van der Waals surface area contributed by atoms with Gasteiger partial charge in [-0.05, 0) is 13.0 Å². The van der Waals surface area contributed by atoms with E-state index in [1.54, 1.807) is 7.05 Å². The molecule has 0 aromatic heterocycles. The van der Waals surface area contributed by atoms with Gasteiger partial charge in [0.1, 0.15) is 5.78 Å². The minimum atomic E-state index is 0.169. The minimum Gasteiger partial charge on any atom is -0.313 e. The van der Waals surface area contributed by atoms with Crippen molar-refractivity contribution in [2.24, 2.45) is 11.8 Å². The van der Waals surface area contributed by atoms with Gasteiger partial charge in [0.05, 0.1) is 6.54 Å². The first-order chi connectivity index (χ1) is 6.41. The van der Waals surface area contributed by atoms with E-state index in [9.17, 15) is 4.79 Å². The van der Waals surface area contributed by atoms with Gasteiger partial charge in [-0.15, -0.1) is 0 Å². The third kappa shape index (κ3) is 29.9. The third-order valence-corrected chi connectivity index (χ3v) is 0.995. The van der Waals surface area contributed by atoms with E-state index < -0.39 is 0 Å². The normalized spacial score (nSPS) is 8.71. The minimum absolute atomic E-state index is 0.169. The highest BCUT2D eigenvalue weighted by Crippen LogP contribution is 1.90. The molecule has 1 N–H and O–H groups in total. The van der Waals surface area contributed by atoms with Gasteiger partial charge in [-0.25, -0.2) is 0 Å². The van der Waals surface area contributed by atoms with Gasteiger partial charge in [0.15, 0.2) is 0 Å². The largest absolute Gasteiger partial charge is 0.313 e. The summed E-state index contributed by atoms with van der Waals surface area (Å²) in [6.07, 6.45) is 0. The third-order valence-electron chi connectivity index (χ3n) is 0.995. The van der Waals surface area contributed by atoms with Gasteiger partial charge in [-0.2, -0.15) is 0 Å². The molecule has 0 amide bonds. The molecule has 0 atom stereocenters. The van der Waals surface area contributed by atoms with E-state index in [0.29, 0.717) is 6.54 Å². The average Bonchev–Trinajstić information content (AvgIpc) is 2.07. The average molecular weight is 203 g/mol. The number of rotatable bonds is 3. The van der Waals surface area contributed by atoms with Crippen LogP contribution >= 0.6 is 0 Å². The maximum Gasteiger partial charge on any atom is 0.149 e. The Balaban J connectivity index is -0.000000170. The van der Waals surface area contributed by atoms with Crippen LogP contribution in [0.1, 0.15) is 48.5 Å². The topological polar surface area (TPSA) is 29.1 Å². The molecule has 0 radical (unpaired) electrons. The first kappa shape index (κ1) is 19.2. The predicted octanol–water partition coefficient (Wildman–Crippen LogP) is 3.12. The van der Waals surface area contributed by atoms with E-state index in [0.717, 1.165) is 5.92 Å². The monoisotopic (exact) mass is 203 g/mol. The number of hydrogen-bond donors (Lipinski definition) is 1. The lowest BCUT2D eigenvalue weighted by Gasteiger charge is -2.00. The van der Waals surface area contributed by atoms with Crippen molar-refractivity contribution in [3.63, 3.8) is 0 Å². The maximum absolute atomic E-state index is 10.7. The lowest BCUT2D eigenvalue weighted by Crippen LogP contribution is -2.22. The Hall–Kier alpha value is -0.370. The molecule has 88 valence electrons. The summed E-state index contributed by atoms with van der Waals surface area (Å²) in [4.78, 5) is 10.7. The molecule has 0 aliphatic carbocycles. The van der Waals surface area contributed by atoms with E-state index >= 15 is 0 Å². The highest BCUT2D eigenvalue weighted by Gasteiger charge is 2.03. The van der Waals surface area contributed by atoms with Crippen molar-refractivity contribution >= 4 is 5.78 Å². The van der Waals surface area contributed by atoms with Gasteiger partial charge in [0.25, 0.3) is 0 Å². The number of hydrogen-bond acceptors (Lipinski definition) is 2. The lowest BCUT2D eigenvalue weighted by atomic mass is 10.1. The standard InChI is InChI=1S/C6H13NO.C4H10.C2H6/c1-5(2)6(8)4-7-3;1-4(2)3;1-2/h5,7H,4H2,1-3H3;4H,1-3H3;1-2H3. The fourth-order valence-electron chi connectivity index (χ4n) is 0.378. The molecule has 0 bridgehead atoms. The first-order valence-corrected chi connectivity index (χ1v) is 5.59. The molecule has 14 heavy (non-hydrogen) atoms. The zero-order chi connectivity index (χ0) is 12.1. The van der Waals surface area contributed by atoms with Crippen molar-refractivity contribution in [3.8, 4) is 0 Å². The molecule has 0 heterocycles. The van der Waals surface area contributed by atoms with E-state index in [-0.39, 0.29) is 11.7 Å². The number of Topliss-reactive ketones (excluding diaryl/α,β-unsaturated/α-hetero) is 1. The Kier molecular flexibility index (Phi) is 20.8. The molecule has 0 rings (SSSR count). The molecular formula is C12H29NO. The summed E-state index contributed by atoms with van der Waals surface area (Å²) < 4.78 is 0. The first-order valence-electron chi connectivity index (χ1n) is 5.59. The van der Waals surface area contributed by atoms with Crippen molar-refractivity contribution in [1.82, 2.24) is 5.32 Å². The molecule has 0 fully saturated rings. The number of carbonyl (C=O) groups excluding carboxylic acids is 1. The lowest BCUT2D eigenvalue weighted by molar-refractivity contribution is -0.120. The van der Waals surface area contributed by atoms with Crippen LogP contribution in [-0.2, 0) is 4.79 Å². The van der Waals surface area contributed by atoms with E-state index in [2.05, 4.69) is 26.1 Å². The number of likely N-dealkylation sites (N-methyl/N-ethyl adjacent to an activating group) is 1. The summed E-state index contributed by atoms with van der Waals surface area (Å²) in [5.74, 6) is 1.27. The summed E-state index contributed by atoms with van der Waals surface area (Å²) in [5, 5.41) is 2.80. The zero-order valence-electron chi connectivity index (χ0n) is 11.3. The second kappa shape index (κ2) is 15.1. The van der Waals surface area contributed by atoms with Gasteiger partial charge in [-0.1, -0.05) is 48.5 Å². The van der Waals surface area contributed by atoms with Crippen LogP contribution in [0.2, 0.25) is 0 Å². The second-order valence-corrected chi connectivity index (χ2v) is 3.88. The van der Waals surface area contributed by atoms with Crippen LogP contribution < -0.4 is 5.32 Å². The van der Waals surface area contributed by atoms with Crippen LogP contribution in [0.15, 0.2) is 0 Å². The fraction of sp³-hybridized carbons (Fsp3) is 0.917. The Morgan fingerprint density at radius 3 is 1.43 bits per heavy atom. The van der Waals surface area contributed by atoms with Gasteiger partial charge in [0, 0.05) is 5.92 Å². The summed E-state index contributed by atoms with van der Waals surface area (Å²) >= 11 is 0. The Bertz CT molecular complexity index is 106. The molecule has 0 aromatic carbocycles. The Morgan fingerprint density at radius 2 is 1.36 bits per heavy atom. The fourth-order valence-corrected chi connectivity index (χ4v) is 0.378. The van der Waals surface area contributed by atoms with Crippen molar-refractivity contribution in [2.45, 2.75) is 48.5 Å². The van der Waals surface area contributed by atoms with Gasteiger partial charge in [0.2, 0.25) is 0 Å². The van der Waals surface area contributed by atoms with Crippen LogP contribution in [-0.4, -0.2) is 19.4 Å². The summed E-state index contributed by atoms with van der Waals surface area (Å²) in [6.45, 7) is 14.8. The molecule has 0 saturated heterocycles. The van der Waals surface area contributed by atoms with E-state index in [1.807, 2.05) is 27.7 Å². The quantitative estimate of drug-likeness (QED) is 0.763. The highest BCUT2D eigenvalue weighted by atomic mass is 16.1.